The van der Waals surface area contributed by atoms with Crippen LogP contribution in [0, 0.1) is 10.1 Å². The Labute approximate surface area is 160 Å². The SMILES string of the molecule is O=C(O)C(=O)O.O=[N+]([O-])c1ccc(CN2CCN(Cc3ccco3)CC2)cc1. The van der Waals surface area contributed by atoms with Crippen LogP contribution in [0.3, 0.4) is 0 Å². The Hall–Kier alpha value is -3.24. The van der Waals surface area contributed by atoms with Crippen LogP contribution in [0.4, 0.5) is 5.69 Å². The van der Waals surface area contributed by atoms with Gasteiger partial charge in [0.1, 0.15) is 5.76 Å². The van der Waals surface area contributed by atoms with Crippen molar-refractivity contribution in [1.82, 2.24) is 9.80 Å². The zero-order chi connectivity index (χ0) is 20.5. The second-order valence-corrected chi connectivity index (χ2v) is 6.17. The predicted molar refractivity (Wildman–Crippen MR) is 97.6 cm³/mol. The third-order valence-corrected chi connectivity index (χ3v) is 4.16. The number of nitrogens with zero attached hydrogens (tertiary/aromatic N) is 3. The summed E-state index contributed by atoms with van der Waals surface area (Å²) in [5.74, 6) is -2.64. The lowest BCUT2D eigenvalue weighted by atomic mass is 10.2. The number of furan rings is 1. The van der Waals surface area contributed by atoms with E-state index in [0.717, 1.165) is 50.6 Å². The molecule has 1 aliphatic heterocycles. The smallest absolute Gasteiger partial charge is 0.414 e. The fraction of sp³-hybridized carbons (Fsp3) is 0.333. The maximum absolute atomic E-state index is 10.7. The summed E-state index contributed by atoms with van der Waals surface area (Å²) < 4.78 is 5.38. The average Bonchev–Trinajstić information content (AvgIpc) is 3.17. The lowest BCUT2D eigenvalue weighted by molar-refractivity contribution is -0.384. The summed E-state index contributed by atoms with van der Waals surface area (Å²) in [5.41, 5.74) is 1.26. The molecule has 150 valence electrons. The van der Waals surface area contributed by atoms with E-state index in [9.17, 15) is 10.1 Å². The van der Waals surface area contributed by atoms with Gasteiger partial charge >= 0.3 is 11.9 Å². The van der Waals surface area contributed by atoms with Gasteiger partial charge in [-0.05, 0) is 17.7 Å². The molecule has 3 rings (SSSR count). The summed E-state index contributed by atoms with van der Waals surface area (Å²) >= 11 is 0. The van der Waals surface area contributed by atoms with Gasteiger partial charge in [-0.2, -0.15) is 0 Å². The highest BCUT2D eigenvalue weighted by atomic mass is 16.6. The summed E-state index contributed by atoms with van der Waals surface area (Å²) in [4.78, 5) is 33.2. The number of rotatable bonds is 5. The molecule has 0 unspecified atom stereocenters. The third kappa shape index (κ3) is 6.82. The summed E-state index contributed by atoms with van der Waals surface area (Å²) in [6, 6.07) is 10.7. The molecule has 0 aliphatic carbocycles. The van der Waals surface area contributed by atoms with Crippen molar-refractivity contribution in [3.63, 3.8) is 0 Å². The number of nitro groups is 1. The largest absolute Gasteiger partial charge is 0.473 e. The van der Waals surface area contributed by atoms with Gasteiger partial charge in [-0.3, -0.25) is 19.9 Å². The van der Waals surface area contributed by atoms with Crippen molar-refractivity contribution in [1.29, 1.82) is 0 Å². The van der Waals surface area contributed by atoms with Crippen LogP contribution in [0.1, 0.15) is 11.3 Å². The summed E-state index contributed by atoms with van der Waals surface area (Å²) in [6.07, 6.45) is 1.71. The Morgan fingerprint density at radius 2 is 1.50 bits per heavy atom. The molecule has 10 nitrogen and oxygen atoms in total. The maximum Gasteiger partial charge on any atom is 0.414 e. The Morgan fingerprint density at radius 3 is 1.93 bits per heavy atom. The van der Waals surface area contributed by atoms with E-state index < -0.39 is 11.9 Å². The topological polar surface area (TPSA) is 137 Å². The van der Waals surface area contributed by atoms with E-state index in [1.165, 1.54) is 0 Å². The molecule has 1 saturated heterocycles. The quantitative estimate of drug-likeness (QED) is 0.443. The lowest BCUT2D eigenvalue weighted by Crippen LogP contribution is -2.45. The van der Waals surface area contributed by atoms with Gasteiger partial charge in [0.25, 0.3) is 5.69 Å². The zero-order valence-electron chi connectivity index (χ0n) is 15.1. The molecule has 1 aromatic carbocycles. The van der Waals surface area contributed by atoms with Gasteiger partial charge in [0.2, 0.25) is 0 Å². The molecule has 28 heavy (non-hydrogen) atoms. The highest BCUT2D eigenvalue weighted by Crippen LogP contribution is 2.15. The van der Waals surface area contributed by atoms with Crippen molar-refractivity contribution in [2.75, 3.05) is 26.2 Å². The summed E-state index contributed by atoms with van der Waals surface area (Å²) in [5, 5.41) is 25.4. The van der Waals surface area contributed by atoms with Gasteiger partial charge in [-0.1, -0.05) is 12.1 Å². The molecule has 1 aromatic heterocycles. The van der Waals surface area contributed by atoms with Gasteiger partial charge in [0, 0.05) is 44.9 Å². The molecular formula is C18H21N3O7. The number of nitro benzene ring substituents is 1. The molecule has 2 N–H and O–H groups in total. The van der Waals surface area contributed by atoms with Crippen LogP contribution in [-0.2, 0) is 22.7 Å². The number of piperazine rings is 1. The van der Waals surface area contributed by atoms with Gasteiger partial charge in [-0.25, -0.2) is 9.59 Å². The van der Waals surface area contributed by atoms with E-state index in [0.29, 0.717) is 0 Å². The summed E-state index contributed by atoms with van der Waals surface area (Å²) in [7, 11) is 0. The van der Waals surface area contributed by atoms with Gasteiger partial charge < -0.3 is 14.6 Å². The number of benzene rings is 1. The van der Waals surface area contributed by atoms with Gasteiger partial charge in [-0.15, -0.1) is 0 Å². The molecule has 0 amide bonds. The average molecular weight is 391 g/mol. The zero-order valence-corrected chi connectivity index (χ0v) is 15.1. The van der Waals surface area contributed by atoms with Crippen LogP contribution in [0.2, 0.25) is 0 Å². The third-order valence-electron chi connectivity index (χ3n) is 4.16. The van der Waals surface area contributed by atoms with Crippen LogP contribution in [-0.4, -0.2) is 63.1 Å². The molecule has 0 radical (unpaired) electrons. The van der Waals surface area contributed by atoms with E-state index in [1.807, 2.05) is 24.3 Å². The van der Waals surface area contributed by atoms with Crippen molar-refractivity contribution in [3.05, 3.63) is 64.1 Å². The van der Waals surface area contributed by atoms with E-state index >= 15 is 0 Å². The van der Waals surface area contributed by atoms with Crippen LogP contribution in [0.15, 0.2) is 47.1 Å². The normalized spacial score (nSPS) is 14.7. The Balaban J connectivity index is 0.000000409. The minimum atomic E-state index is -1.82. The second kappa shape index (κ2) is 10.2. The van der Waals surface area contributed by atoms with Crippen molar-refractivity contribution in [2.24, 2.45) is 0 Å². The molecular weight excluding hydrogens is 370 g/mol. The van der Waals surface area contributed by atoms with E-state index in [1.54, 1.807) is 18.4 Å². The number of carboxylic acids is 2. The monoisotopic (exact) mass is 391 g/mol. The van der Waals surface area contributed by atoms with Crippen molar-refractivity contribution in [3.8, 4) is 0 Å². The standard InChI is InChI=1S/C16H19N3O3.C2H2O4/c20-19(21)15-5-3-14(4-6-15)12-17-7-9-18(10-8-17)13-16-2-1-11-22-16;3-1(4)2(5)6/h1-6,11H,7-10,12-13H2;(H,3,4)(H,5,6). The van der Waals surface area contributed by atoms with Crippen molar-refractivity contribution < 1.29 is 29.1 Å². The van der Waals surface area contributed by atoms with Gasteiger partial charge in [0.05, 0.1) is 17.7 Å². The Kier molecular flexibility index (Phi) is 7.66. The van der Waals surface area contributed by atoms with Crippen molar-refractivity contribution in [2.45, 2.75) is 13.1 Å². The fourth-order valence-electron chi connectivity index (χ4n) is 2.71. The Morgan fingerprint density at radius 1 is 0.964 bits per heavy atom. The molecule has 10 heteroatoms. The molecule has 0 spiro atoms. The first kappa shape index (κ1) is 21.1. The molecule has 0 bridgehead atoms. The molecule has 0 atom stereocenters. The second-order valence-electron chi connectivity index (χ2n) is 6.17. The highest BCUT2D eigenvalue weighted by molar-refractivity contribution is 6.27. The van der Waals surface area contributed by atoms with E-state index in [4.69, 9.17) is 24.2 Å². The number of hydrogen-bond acceptors (Lipinski definition) is 7. The minimum Gasteiger partial charge on any atom is -0.473 e. The molecule has 2 heterocycles. The van der Waals surface area contributed by atoms with E-state index in [-0.39, 0.29) is 10.6 Å². The number of non-ortho nitro benzene ring substituents is 1. The van der Waals surface area contributed by atoms with Gasteiger partial charge in [0.15, 0.2) is 0 Å². The number of carboxylic acid groups (broad SMARTS) is 2. The Bertz CT molecular complexity index is 770. The number of aliphatic carboxylic acids is 2. The lowest BCUT2D eigenvalue weighted by Gasteiger charge is -2.34. The minimum absolute atomic E-state index is 0.145. The number of hydrogen-bond donors (Lipinski definition) is 2. The fourth-order valence-corrected chi connectivity index (χ4v) is 2.71. The first-order chi connectivity index (χ1) is 13.3. The van der Waals surface area contributed by atoms with Crippen LogP contribution < -0.4 is 0 Å². The molecule has 0 saturated carbocycles. The van der Waals surface area contributed by atoms with E-state index in [2.05, 4.69) is 9.80 Å². The first-order valence-corrected chi connectivity index (χ1v) is 8.52. The van der Waals surface area contributed by atoms with Crippen LogP contribution >= 0.6 is 0 Å². The molecule has 1 aliphatic rings. The molecule has 2 aromatic rings. The summed E-state index contributed by atoms with van der Waals surface area (Å²) in [6.45, 7) is 5.71. The predicted octanol–water partition coefficient (Wildman–Crippen LogP) is 1.66. The number of carbonyl (C=O) groups is 2. The first-order valence-electron chi connectivity index (χ1n) is 8.52. The van der Waals surface area contributed by atoms with Crippen molar-refractivity contribution >= 4 is 17.6 Å². The van der Waals surface area contributed by atoms with Crippen LogP contribution in [0.5, 0.6) is 0 Å². The van der Waals surface area contributed by atoms with Crippen LogP contribution in [0.25, 0.3) is 0 Å². The maximum atomic E-state index is 10.7. The highest BCUT2D eigenvalue weighted by Gasteiger charge is 2.18. The molecule has 1 fully saturated rings.